The first-order valence-electron chi connectivity index (χ1n) is 3.93. The van der Waals surface area contributed by atoms with Gasteiger partial charge in [-0.1, -0.05) is 30.3 Å². The number of hydrogen-bond donors (Lipinski definition) is 0. The fourth-order valence-electron chi connectivity index (χ4n) is 1.45. The van der Waals surface area contributed by atoms with E-state index < -0.39 is 0 Å². The second-order valence-electron chi connectivity index (χ2n) is 3.03. The Hall–Kier alpha value is -1.22. The smallest absolute Gasteiger partial charge is 0.0275 e. The van der Waals surface area contributed by atoms with Gasteiger partial charge in [0.1, 0.15) is 0 Å². The van der Waals surface area contributed by atoms with Crippen molar-refractivity contribution in [2.24, 2.45) is 5.92 Å². The van der Waals surface area contributed by atoms with Gasteiger partial charge >= 0.3 is 0 Å². The van der Waals surface area contributed by atoms with E-state index in [4.69, 9.17) is 6.42 Å². The molecule has 1 aromatic carbocycles. The van der Waals surface area contributed by atoms with Gasteiger partial charge in [0.2, 0.25) is 0 Å². The summed E-state index contributed by atoms with van der Waals surface area (Å²) in [5, 5.41) is 0. The molecule has 0 aliphatic heterocycles. The molecule has 0 nitrogen and oxygen atoms in total. The lowest BCUT2D eigenvalue weighted by Gasteiger charge is -1.94. The molecule has 0 aromatic heterocycles. The van der Waals surface area contributed by atoms with Crippen LogP contribution in [0.25, 0.3) is 0 Å². The molecule has 0 spiro atoms. The van der Waals surface area contributed by atoms with Gasteiger partial charge in [0.25, 0.3) is 0 Å². The monoisotopic (exact) mass is 142 g/mol. The van der Waals surface area contributed by atoms with Gasteiger partial charge in [0, 0.05) is 5.92 Å². The molecule has 1 aromatic rings. The Kier molecular flexibility index (Phi) is 1.43. The average molecular weight is 142 g/mol. The third-order valence-corrected chi connectivity index (χ3v) is 2.23. The molecule has 2 rings (SSSR count). The molecule has 0 heterocycles. The molecule has 0 radical (unpaired) electrons. The highest BCUT2D eigenvalue weighted by molar-refractivity contribution is 5.29. The quantitative estimate of drug-likeness (QED) is 0.528. The molecule has 1 fully saturated rings. The first-order valence-corrected chi connectivity index (χ1v) is 3.93. The van der Waals surface area contributed by atoms with Crippen LogP contribution in [0, 0.1) is 18.3 Å². The van der Waals surface area contributed by atoms with E-state index in [9.17, 15) is 0 Å². The van der Waals surface area contributed by atoms with Gasteiger partial charge in [0.05, 0.1) is 0 Å². The molecular formula is C11H10. The molecule has 0 heteroatoms. The van der Waals surface area contributed by atoms with Crippen molar-refractivity contribution in [2.45, 2.75) is 12.3 Å². The van der Waals surface area contributed by atoms with Crippen LogP contribution < -0.4 is 0 Å². The highest BCUT2D eigenvalue weighted by atomic mass is 14.4. The average Bonchev–Trinajstić information content (AvgIpc) is 2.85. The lowest BCUT2D eigenvalue weighted by atomic mass is 10.1. The zero-order valence-corrected chi connectivity index (χ0v) is 6.33. The molecule has 0 bridgehead atoms. The molecule has 2 unspecified atom stereocenters. The summed E-state index contributed by atoms with van der Waals surface area (Å²) in [6, 6.07) is 10.5. The predicted octanol–water partition coefficient (Wildman–Crippen LogP) is 2.42. The SMILES string of the molecule is C#CC1CC1c1ccccc1. The van der Waals surface area contributed by atoms with Crippen LogP contribution in [0.5, 0.6) is 0 Å². The fourth-order valence-corrected chi connectivity index (χ4v) is 1.45. The molecule has 0 N–H and O–H groups in total. The van der Waals surface area contributed by atoms with E-state index >= 15 is 0 Å². The van der Waals surface area contributed by atoms with Crippen LogP contribution in [0.4, 0.5) is 0 Å². The van der Waals surface area contributed by atoms with Crippen molar-refractivity contribution < 1.29 is 0 Å². The Morgan fingerprint density at radius 1 is 1.27 bits per heavy atom. The van der Waals surface area contributed by atoms with Crippen molar-refractivity contribution in [3.63, 3.8) is 0 Å². The summed E-state index contributed by atoms with van der Waals surface area (Å²) >= 11 is 0. The summed E-state index contributed by atoms with van der Waals surface area (Å²) in [6.45, 7) is 0. The highest BCUT2D eigenvalue weighted by Crippen LogP contribution is 2.46. The molecule has 0 saturated heterocycles. The van der Waals surface area contributed by atoms with E-state index in [0.29, 0.717) is 11.8 Å². The number of benzene rings is 1. The minimum absolute atomic E-state index is 0.511. The van der Waals surface area contributed by atoms with Crippen LogP contribution >= 0.6 is 0 Å². The summed E-state index contributed by atoms with van der Waals surface area (Å²) in [5.41, 5.74) is 1.40. The Bertz CT molecular complexity index is 279. The maximum atomic E-state index is 5.31. The van der Waals surface area contributed by atoms with Gasteiger partial charge in [-0.25, -0.2) is 0 Å². The summed E-state index contributed by atoms with van der Waals surface area (Å²) < 4.78 is 0. The van der Waals surface area contributed by atoms with Crippen molar-refractivity contribution in [1.29, 1.82) is 0 Å². The fraction of sp³-hybridized carbons (Fsp3) is 0.273. The minimum atomic E-state index is 0.511. The molecule has 11 heavy (non-hydrogen) atoms. The lowest BCUT2D eigenvalue weighted by molar-refractivity contribution is 1.04. The van der Waals surface area contributed by atoms with Crippen LogP contribution in [0.1, 0.15) is 17.9 Å². The Morgan fingerprint density at radius 3 is 2.55 bits per heavy atom. The highest BCUT2D eigenvalue weighted by Gasteiger charge is 2.36. The largest absolute Gasteiger partial charge is 0.120 e. The third-order valence-electron chi connectivity index (χ3n) is 2.23. The molecule has 1 aliphatic rings. The number of hydrogen-bond acceptors (Lipinski definition) is 0. The molecule has 54 valence electrons. The predicted molar refractivity (Wildman–Crippen MR) is 46.1 cm³/mol. The second kappa shape index (κ2) is 2.43. The zero-order chi connectivity index (χ0) is 7.68. The van der Waals surface area contributed by atoms with Gasteiger partial charge < -0.3 is 0 Å². The normalized spacial score (nSPS) is 27.5. The zero-order valence-electron chi connectivity index (χ0n) is 6.33. The van der Waals surface area contributed by atoms with Crippen LogP contribution in [0.15, 0.2) is 30.3 Å². The Balaban J connectivity index is 2.16. The first kappa shape index (κ1) is 6.49. The first-order chi connectivity index (χ1) is 5.42. The second-order valence-corrected chi connectivity index (χ2v) is 3.03. The Labute approximate surface area is 67.2 Å². The van der Waals surface area contributed by atoms with Gasteiger partial charge in [-0.15, -0.1) is 12.3 Å². The van der Waals surface area contributed by atoms with Crippen molar-refractivity contribution in [1.82, 2.24) is 0 Å². The summed E-state index contributed by atoms with van der Waals surface area (Å²) in [5.74, 6) is 3.95. The van der Waals surface area contributed by atoms with E-state index in [1.165, 1.54) is 12.0 Å². The van der Waals surface area contributed by atoms with Gasteiger partial charge in [-0.2, -0.15) is 0 Å². The van der Waals surface area contributed by atoms with Gasteiger partial charge in [0.15, 0.2) is 0 Å². The molecule has 0 amide bonds. The number of rotatable bonds is 1. The number of terminal acetylenes is 1. The maximum Gasteiger partial charge on any atom is 0.0275 e. The summed E-state index contributed by atoms with van der Waals surface area (Å²) in [7, 11) is 0. The lowest BCUT2D eigenvalue weighted by Crippen LogP contribution is -1.78. The Morgan fingerprint density at radius 2 is 2.00 bits per heavy atom. The third kappa shape index (κ3) is 1.14. The van der Waals surface area contributed by atoms with Crippen molar-refractivity contribution in [3.8, 4) is 12.3 Å². The standard InChI is InChI=1S/C11H10/c1-2-9-8-11(9)10-6-4-3-5-7-10/h1,3-7,9,11H,8H2. The minimum Gasteiger partial charge on any atom is -0.120 e. The van der Waals surface area contributed by atoms with Crippen molar-refractivity contribution in [3.05, 3.63) is 35.9 Å². The molecule has 1 saturated carbocycles. The van der Waals surface area contributed by atoms with E-state index in [1.807, 2.05) is 6.07 Å². The van der Waals surface area contributed by atoms with E-state index in [2.05, 4.69) is 30.2 Å². The van der Waals surface area contributed by atoms with Crippen LogP contribution in [-0.2, 0) is 0 Å². The molecule has 1 aliphatic carbocycles. The summed E-state index contributed by atoms with van der Waals surface area (Å²) in [6.07, 6.45) is 6.49. The van der Waals surface area contributed by atoms with E-state index in [-0.39, 0.29) is 0 Å². The molecule has 2 atom stereocenters. The van der Waals surface area contributed by atoms with Crippen molar-refractivity contribution >= 4 is 0 Å². The van der Waals surface area contributed by atoms with Crippen LogP contribution in [-0.4, -0.2) is 0 Å². The molecular weight excluding hydrogens is 132 g/mol. The maximum absolute atomic E-state index is 5.31. The van der Waals surface area contributed by atoms with E-state index in [1.54, 1.807) is 0 Å². The van der Waals surface area contributed by atoms with Crippen molar-refractivity contribution in [2.75, 3.05) is 0 Å². The summed E-state index contributed by atoms with van der Waals surface area (Å²) in [4.78, 5) is 0. The van der Waals surface area contributed by atoms with E-state index in [0.717, 1.165) is 0 Å². The van der Waals surface area contributed by atoms with Gasteiger partial charge in [-0.05, 0) is 17.9 Å². The van der Waals surface area contributed by atoms with Gasteiger partial charge in [-0.3, -0.25) is 0 Å². The topological polar surface area (TPSA) is 0 Å². The van der Waals surface area contributed by atoms with Crippen LogP contribution in [0.3, 0.4) is 0 Å². The van der Waals surface area contributed by atoms with Crippen LogP contribution in [0.2, 0.25) is 0 Å².